The van der Waals surface area contributed by atoms with Crippen LogP contribution in [0.5, 0.6) is 5.75 Å². The average molecular weight is 613 g/mol. The number of urea groups is 1. The lowest BCUT2D eigenvalue weighted by atomic mass is 9.99. The van der Waals surface area contributed by atoms with Gasteiger partial charge in [-0.15, -0.1) is 0 Å². The summed E-state index contributed by atoms with van der Waals surface area (Å²) in [6.45, 7) is 1.94. The largest absolute Gasteiger partial charge is 0.490 e. The number of likely N-dealkylation sites (N-methyl/N-ethyl adjacent to an activating group) is 1. The van der Waals surface area contributed by atoms with Crippen molar-refractivity contribution >= 4 is 34.3 Å². The number of ether oxygens (including phenoxy) is 1. The average Bonchev–Trinajstić information content (AvgIpc) is 3.48. The molecule has 0 atom stereocenters. The highest BCUT2D eigenvalue weighted by molar-refractivity contribution is 6.06. The number of hydrogen-bond donors (Lipinski definition) is 3. The maximum Gasteiger partial charge on any atom is 0.323 e. The molecule has 46 heavy (non-hydrogen) atoms. The Kier molecular flexibility index (Phi) is 9.51. The van der Waals surface area contributed by atoms with Crippen molar-refractivity contribution in [1.82, 2.24) is 14.9 Å². The summed E-state index contributed by atoms with van der Waals surface area (Å²) in [7, 11) is 3.98. The Labute approximate surface area is 268 Å². The van der Waals surface area contributed by atoms with Crippen LogP contribution in [0.25, 0.3) is 33.6 Å². The molecular formula is C37H36N6O3. The van der Waals surface area contributed by atoms with Gasteiger partial charge in [0.1, 0.15) is 30.3 Å². The second kappa shape index (κ2) is 14.4. The van der Waals surface area contributed by atoms with Crippen LogP contribution in [0.4, 0.5) is 22.0 Å². The van der Waals surface area contributed by atoms with Gasteiger partial charge in [-0.2, -0.15) is 0 Å². The van der Waals surface area contributed by atoms with E-state index in [0.717, 1.165) is 52.2 Å². The summed E-state index contributed by atoms with van der Waals surface area (Å²) in [5.74, 6) is 2.11. The first-order chi connectivity index (χ1) is 22.5. The number of para-hydroxylation sites is 2. The molecular weight excluding hydrogens is 576 g/mol. The van der Waals surface area contributed by atoms with Gasteiger partial charge in [-0.3, -0.25) is 0 Å². The van der Waals surface area contributed by atoms with Gasteiger partial charge in [0.25, 0.3) is 0 Å². The predicted molar refractivity (Wildman–Crippen MR) is 184 cm³/mol. The molecule has 0 unspecified atom stereocenters. The van der Waals surface area contributed by atoms with Crippen LogP contribution >= 0.6 is 0 Å². The fraction of sp³-hybridized carbons (Fsp3) is 0.162. The standard InChI is InChI=1S/C37H36N6O3/c1-43(2)23-24-45-31-16-10-9-15-30(31)42-37(44)41-29-19-17-26(18-20-29)21-22-38-35-33-32(27-11-5-3-6-12-27)34(28-13-7-4-8-14-28)46-36(33)40-25-39-35/h3-20,25H,21-24H2,1-2H3,(H,38,39,40)(H2,41,42,44). The van der Waals surface area contributed by atoms with Crippen molar-refractivity contribution in [1.29, 1.82) is 0 Å². The van der Waals surface area contributed by atoms with E-state index in [1.54, 1.807) is 0 Å². The second-order valence-corrected chi connectivity index (χ2v) is 11.0. The Balaban J connectivity index is 1.11. The van der Waals surface area contributed by atoms with Gasteiger partial charge in [0.2, 0.25) is 5.71 Å². The molecule has 9 heteroatoms. The minimum atomic E-state index is -0.338. The van der Waals surface area contributed by atoms with E-state index < -0.39 is 0 Å². The quantitative estimate of drug-likeness (QED) is 0.130. The summed E-state index contributed by atoms with van der Waals surface area (Å²) in [5, 5.41) is 10.1. The van der Waals surface area contributed by atoms with Gasteiger partial charge in [0, 0.05) is 29.9 Å². The molecule has 2 heterocycles. The van der Waals surface area contributed by atoms with E-state index in [1.807, 2.05) is 116 Å². The first-order valence-electron chi connectivity index (χ1n) is 15.2. The van der Waals surface area contributed by atoms with E-state index in [2.05, 4.69) is 38.1 Å². The van der Waals surface area contributed by atoms with Gasteiger partial charge >= 0.3 is 6.03 Å². The van der Waals surface area contributed by atoms with Crippen molar-refractivity contribution in [3.05, 3.63) is 121 Å². The van der Waals surface area contributed by atoms with E-state index in [-0.39, 0.29) is 6.03 Å². The minimum Gasteiger partial charge on any atom is -0.490 e. The van der Waals surface area contributed by atoms with Crippen LogP contribution < -0.4 is 20.7 Å². The number of rotatable bonds is 12. The molecule has 0 aliphatic heterocycles. The maximum absolute atomic E-state index is 12.7. The number of aromatic nitrogens is 2. The third-order valence-electron chi connectivity index (χ3n) is 7.44. The van der Waals surface area contributed by atoms with Crippen LogP contribution in [-0.4, -0.2) is 54.7 Å². The Morgan fingerprint density at radius 1 is 0.804 bits per heavy atom. The van der Waals surface area contributed by atoms with Crippen LogP contribution in [0, 0.1) is 0 Å². The maximum atomic E-state index is 12.7. The Morgan fingerprint density at radius 2 is 1.50 bits per heavy atom. The van der Waals surface area contributed by atoms with E-state index in [0.29, 0.717) is 36.0 Å². The number of carbonyl (C=O) groups is 1. The van der Waals surface area contributed by atoms with Crippen LogP contribution in [0.3, 0.4) is 0 Å². The van der Waals surface area contributed by atoms with Crippen molar-refractivity contribution in [2.75, 3.05) is 49.7 Å². The van der Waals surface area contributed by atoms with E-state index >= 15 is 0 Å². The summed E-state index contributed by atoms with van der Waals surface area (Å²) < 4.78 is 12.2. The number of hydrogen-bond acceptors (Lipinski definition) is 7. The summed E-state index contributed by atoms with van der Waals surface area (Å²) in [4.78, 5) is 23.8. The van der Waals surface area contributed by atoms with Crippen LogP contribution in [0.1, 0.15) is 5.56 Å². The summed E-state index contributed by atoms with van der Waals surface area (Å²) in [6.07, 6.45) is 2.28. The van der Waals surface area contributed by atoms with Gasteiger partial charge in [0.15, 0.2) is 0 Å². The van der Waals surface area contributed by atoms with Crippen LogP contribution in [0.2, 0.25) is 0 Å². The number of furan rings is 1. The smallest absolute Gasteiger partial charge is 0.323 e. The second-order valence-electron chi connectivity index (χ2n) is 11.0. The molecule has 2 aromatic heterocycles. The molecule has 6 rings (SSSR count). The van der Waals surface area contributed by atoms with Gasteiger partial charge in [-0.25, -0.2) is 14.8 Å². The number of nitrogens with one attached hydrogen (secondary N) is 3. The fourth-order valence-corrected chi connectivity index (χ4v) is 5.14. The molecule has 0 fully saturated rings. The number of carbonyl (C=O) groups excluding carboxylic acids is 1. The van der Waals surface area contributed by atoms with E-state index in [4.69, 9.17) is 9.15 Å². The highest BCUT2D eigenvalue weighted by atomic mass is 16.5. The SMILES string of the molecule is CN(C)CCOc1ccccc1NC(=O)Nc1ccc(CCNc2ncnc3oc(-c4ccccc4)c(-c4ccccc4)c23)cc1. The first kappa shape index (κ1) is 30.4. The normalized spacial score (nSPS) is 11.0. The van der Waals surface area contributed by atoms with Crippen molar-refractivity contribution in [2.45, 2.75) is 6.42 Å². The molecule has 0 saturated carbocycles. The molecule has 3 N–H and O–H groups in total. The fourth-order valence-electron chi connectivity index (χ4n) is 5.14. The Hall–Kier alpha value is -5.67. The molecule has 0 bridgehead atoms. The summed E-state index contributed by atoms with van der Waals surface area (Å²) >= 11 is 0. The molecule has 0 saturated heterocycles. The highest BCUT2D eigenvalue weighted by Gasteiger charge is 2.22. The van der Waals surface area contributed by atoms with E-state index in [9.17, 15) is 4.79 Å². The Bertz CT molecular complexity index is 1890. The number of anilines is 3. The predicted octanol–water partition coefficient (Wildman–Crippen LogP) is 7.80. The summed E-state index contributed by atoms with van der Waals surface area (Å²) in [6, 6.07) is 35.1. The van der Waals surface area contributed by atoms with Gasteiger partial charge in [-0.1, -0.05) is 84.9 Å². The van der Waals surface area contributed by atoms with Crippen molar-refractivity contribution < 1.29 is 13.9 Å². The van der Waals surface area contributed by atoms with E-state index in [1.165, 1.54) is 6.33 Å². The molecule has 9 nitrogen and oxygen atoms in total. The number of fused-ring (bicyclic) bond motifs is 1. The molecule has 0 radical (unpaired) electrons. The summed E-state index contributed by atoms with van der Waals surface area (Å²) in [5.41, 5.74) is 5.92. The zero-order valence-electron chi connectivity index (χ0n) is 25.9. The van der Waals surface area contributed by atoms with Crippen molar-refractivity contribution in [3.63, 3.8) is 0 Å². The van der Waals surface area contributed by atoms with Crippen molar-refractivity contribution in [3.8, 4) is 28.2 Å². The monoisotopic (exact) mass is 612 g/mol. The minimum absolute atomic E-state index is 0.338. The molecule has 232 valence electrons. The first-order valence-corrected chi connectivity index (χ1v) is 15.2. The zero-order chi connectivity index (χ0) is 31.7. The number of nitrogens with zero attached hydrogens (tertiary/aromatic N) is 3. The lowest BCUT2D eigenvalue weighted by Gasteiger charge is -2.15. The van der Waals surface area contributed by atoms with Crippen LogP contribution in [-0.2, 0) is 6.42 Å². The van der Waals surface area contributed by atoms with Gasteiger partial charge in [-0.05, 0) is 55.9 Å². The lowest BCUT2D eigenvalue weighted by Crippen LogP contribution is -2.21. The third-order valence-corrected chi connectivity index (χ3v) is 7.44. The number of benzene rings is 4. The molecule has 2 amide bonds. The van der Waals surface area contributed by atoms with Gasteiger partial charge < -0.3 is 30.0 Å². The topological polar surface area (TPSA) is 105 Å². The van der Waals surface area contributed by atoms with Crippen molar-refractivity contribution in [2.24, 2.45) is 0 Å². The third kappa shape index (κ3) is 7.34. The van der Waals surface area contributed by atoms with Crippen LogP contribution in [0.15, 0.2) is 120 Å². The van der Waals surface area contributed by atoms with Gasteiger partial charge in [0.05, 0.1) is 11.1 Å². The molecule has 0 spiro atoms. The molecule has 4 aromatic carbocycles. The molecule has 0 aliphatic carbocycles. The zero-order valence-corrected chi connectivity index (χ0v) is 25.9. The Morgan fingerprint density at radius 3 is 2.24 bits per heavy atom. The lowest BCUT2D eigenvalue weighted by molar-refractivity contribution is 0.258. The molecule has 0 aliphatic rings. The molecule has 6 aromatic rings. The number of amides is 2. The highest BCUT2D eigenvalue weighted by Crippen LogP contribution is 2.42.